The van der Waals surface area contributed by atoms with Crippen LogP contribution in [0.5, 0.6) is 5.75 Å². The summed E-state index contributed by atoms with van der Waals surface area (Å²) in [6.45, 7) is 1.55. The third kappa shape index (κ3) is 3.45. The number of ether oxygens (including phenoxy) is 1. The van der Waals surface area contributed by atoms with E-state index in [0.29, 0.717) is 32.6 Å². The van der Waals surface area contributed by atoms with Crippen molar-refractivity contribution >= 4 is 39.4 Å². The lowest BCUT2D eigenvalue weighted by Gasteiger charge is -2.21. The minimum atomic E-state index is -1.03. The van der Waals surface area contributed by atoms with Crippen LogP contribution in [0, 0.1) is 0 Å². The number of aromatic nitrogens is 1. The van der Waals surface area contributed by atoms with Crippen molar-refractivity contribution in [3.05, 3.63) is 87.5 Å². The number of carboxylic acids is 1. The molecule has 1 N–H and O–H groups in total. The lowest BCUT2D eigenvalue weighted by atomic mass is 10.1. The summed E-state index contributed by atoms with van der Waals surface area (Å²) >= 11 is 6.46. The molecule has 0 aliphatic rings. The maximum Gasteiger partial charge on any atom is 0.323 e. The molecule has 3 aromatic carbocycles. The quantitative estimate of drug-likeness (QED) is 0.471. The number of hydrogen-bond acceptors (Lipinski definition) is 3. The molecular formula is C23H18ClNO4. The first-order valence-corrected chi connectivity index (χ1v) is 9.52. The molecule has 4 rings (SSSR count). The monoisotopic (exact) mass is 407 g/mol. The van der Waals surface area contributed by atoms with E-state index in [1.54, 1.807) is 41.0 Å². The summed E-state index contributed by atoms with van der Waals surface area (Å²) in [7, 11) is 0. The van der Waals surface area contributed by atoms with Crippen molar-refractivity contribution in [2.75, 3.05) is 0 Å². The second-order valence-corrected chi connectivity index (χ2v) is 7.18. The lowest BCUT2D eigenvalue weighted by molar-refractivity contribution is -0.137. The number of para-hydroxylation sites is 1. The zero-order valence-corrected chi connectivity index (χ0v) is 16.4. The van der Waals surface area contributed by atoms with Gasteiger partial charge in [-0.05, 0) is 36.8 Å². The van der Waals surface area contributed by atoms with Crippen molar-refractivity contribution in [1.29, 1.82) is 0 Å². The fourth-order valence-corrected chi connectivity index (χ4v) is 3.74. The van der Waals surface area contributed by atoms with E-state index in [0.717, 1.165) is 5.56 Å². The van der Waals surface area contributed by atoms with Gasteiger partial charge in [0, 0.05) is 5.39 Å². The minimum absolute atomic E-state index is 0.189. The van der Waals surface area contributed by atoms with E-state index in [9.17, 15) is 14.7 Å². The Bertz CT molecular complexity index is 1280. The van der Waals surface area contributed by atoms with Crippen LogP contribution in [-0.4, -0.2) is 15.6 Å². The van der Waals surface area contributed by atoms with Crippen LogP contribution in [0.1, 0.15) is 18.6 Å². The Hall–Kier alpha value is -3.31. The van der Waals surface area contributed by atoms with E-state index in [-0.39, 0.29) is 18.1 Å². The van der Waals surface area contributed by atoms with Crippen LogP contribution in [0.25, 0.3) is 21.8 Å². The Kier molecular flexibility index (Phi) is 4.99. The normalized spacial score (nSPS) is 12.2. The summed E-state index contributed by atoms with van der Waals surface area (Å²) in [6.07, 6.45) is -0.348. The highest BCUT2D eigenvalue weighted by molar-refractivity contribution is 6.33. The summed E-state index contributed by atoms with van der Waals surface area (Å²) in [4.78, 5) is 24.7. The highest BCUT2D eigenvalue weighted by atomic mass is 35.5. The molecule has 146 valence electrons. The zero-order valence-electron chi connectivity index (χ0n) is 15.6. The molecule has 1 aromatic heterocycles. The van der Waals surface area contributed by atoms with Gasteiger partial charge in [-0.3, -0.25) is 9.59 Å². The van der Waals surface area contributed by atoms with Crippen molar-refractivity contribution in [2.24, 2.45) is 0 Å². The molecule has 0 saturated carbocycles. The van der Waals surface area contributed by atoms with Crippen molar-refractivity contribution in [1.82, 2.24) is 4.57 Å². The smallest absolute Gasteiger partial charge is 0.323 e. The largest absolute Gasteiger partial charge is 0.482 e. The average molecular weight is 408 g/mol. The van der Waals surface area contributed by atoms with Gasteiger partial charge in [-0.2, -0.15) is 0 Å². The van der Waals surface area contributed by atoms with Crippen molar-refractivity contribution < 1.29 is 14.6 Å². The Labute approximate surface area is 171 Å². The van der Waals surface area contributed by atoms with Crippen molar-refractivity contribution in [3.8, 4) is 5.75 Å². The molecule has 0 unspecified atom stereocenters. The Morgan fingerprint density at radius 3 is 2.45 bits per heavy atom. The van der Waals surface area contributed by atoms with Crippen LogP contribution in [0.4, 0.5) is 0 Å². The van der Waals surface area contributed by atoms with E-state index >= 15 is 0 Å². The van der Waals surface area contributed by atoms with Gasteiger partial charge in [-0.1, -0.05) is 54.1 Å². The zero-order chi connectivity index (χ0) is 20.5. The van der Waals surface area contributed by atoms with Gasteiger partial charge in [0.1, 0.15) is 12.6 Å². The van der Waals surface area contributed by atoms with Crippen LogP contribution in [-0.2, 0) is 11.3 Å². The number of carboxylic acid groups (broad SMARTS) is 1. The first-order valence-electron chi connectivity index (χ1n) is 9.14. The average Bonchev–Trinajstić information content (AvgIpc) is 2.73. The molecule has 0 bridgehead atoms. The number of rotatable bonds is 5. The molecule has 0 spiro atoms. The first kappa shape index (κ1) is 19.0. The maximum atomic E-state index is 13.1. The minimum Gasteiger partial charge on any atom is -0.482 e. The SMILES string of the molecule is C[C@@H](Oc1c(Cl)ccc2c(=O)c3ccccc3n(CC(=O)O)c12)c1ccccc1. The first-order chi connectivity index (χ1) is 14.0. The molecule has 0 amide bonds. The predicted octanol–water partition coefficient (Wildman–Crippen LogP) is 5.03. The van der Waals surface area contributed by atoms with Crippen LogP contribution in [0.15, 0.2) is 71.5 Å². The fourth-order valence-electron chi connectivity index (χ4n) is 3.54. The molecule has 0 aliphatic heterocycles. The molecule has 0 radical (unpaired) electrons. The summed E-state index contributed by atoms with van der Waals surface area (Å²) in [6, 6.07) is 19.8. The molecule has 0 aliphatic carbocycles. The second kappa shape index (κ2) is 7.60. The van der Waals surface area contributed by atoms with Crippen molar-refractivity contribution in [2.45, 2.75) is 19.6 Å². The van der Waals surface area contributed by atoms with Gasteiger partial charge in [0.25, 0.3) is 0 Å². The van der Waals surface area contributed by atoms with E-state index < -0.39 is 5.97 Å². The van der Waals surface area contributed by atoms with E-state index in [1.165, 1.54) is 0 Å². The van der Waals surface area contributed by atoms with E-state index in [4.69, 9.17) is 16.3 Å². The fraction of sp³-hybridized carbons (Fsp3) is 0.130. The lowest BCUT2D eigenvalue weighted by Crippen LogP contribution is -2.17. The Balaban J connectivity index is 2.03. The highest BCUT2D eigenvalue weighted by Gasteiger charge is 2.20. The topological polar surface area (TPSA) is 68.5 Å². The van der Waals surface area contributed by atoms with E-state index in [2.05, 4.69) is 0 Å². The van der Waals surface area contributed by atoms with Gasteiger partial charge in [0.05, 0.1) is 21.4 Å². The number of halogens is 1. The third-order valence-electron chi connectivity index (χ3n) is 4.89. The standard InChI is InChI=1S/C23H18ClNO4/c1-14(15-7-3-2-4-8-15)29-23-18(24)12-11-17-21(23)25(13-20(26)27)19-10-6-5-9-16(19)22(17)28/h2-12,14H,13H2,1H3,(H,26,27)/t14-/m1/s1. The molecular weight excluding hydrogens is 390 g/mol. The Morgan fingerprint density at radius 1 is 1.03 bits per heavy atom. The van der Waals surface area contributed by atoms with Crippen LogP contribution < -0.4 is 10.2 Å². The van der Waals surface area contributed by atoms with Crippen LogP contribution >= 0.6 is 11.6 Å². The molecule has 1 heterocycles. The summed E-state index contributed by atoms with van der Waals surface area (Å²) in [5, 5.41) is 10.6. The molecule has 5 nitrogen and oxygen atoms in total. The highest BCUT2D eigenvalue weighted by Crippen LogP contribution is 2.37. The predicted molar refractivity (Wildman–Crippen MR) is 114 cm³/mol. The number of pyridine rings is 1. The maximum absolute atomic E-state index is 13.1. The van der Waals surface area contributed by atoms with Crippen LogP contribution in [0.2, 0.25) is 5.02 Å². The van der Waals surface area contributed by atoms with Gasteiger partial charge < -0.3 is 14.4 Å². The van der Waals surface area contributed by atoms with Gasteiger partial charge in [0.15, 0.2) is 11.2 Å². The molecule has 1 atom stereocenters. The number of hydrogen-bond donors (Lipinski definition) is 1. The molecule has 6 heteroatoms. The second-order valence-electron chi connectivity index (χ2n) is 6.77. The third-order valence-corrected chi connectivity index (χ3v) is 5.19. The summed E-state index contributed by atoms with van der Waals surface area (Å²) < 4.78 is 7.76. The van der Waals surface area contributed by atoms with Gasteiger partial charge >= 0.3 is 5.97 Å². The van der Waals surface area contributed by atoms with Crippen LogP contribution in [0.3, 0.4) is 0 Å². The molecule has 0 fully saturated rings. The summed E-state index contributed by atoms with van der Waals surface area (Å²) in [5.41, 5.74) is 1.65. The number of carbonyl (C=O) groups is 1. The Morgan fingerprint density at radius 2 is 1.72 bits per heavy atom. The van der Waals surface area contributed by atoms with E-state index in [1.807, 2.05) is 37.3 Å². The van der Waals surface area contributed by atoms with Gasteiger partial charge in [-0.25, -0.2) is 0 Å². The summed E-state index contributed by atoms with van der Waals surface area (Å²) in [5.74, 6) is -0.730. The molecule has 29 heavy (non-hydrogen) atoms. The number of benzene rings is 3. The number of nitrogens with zero attached hydrogens (tertiary/aromatic N) is 1. The van der Waals surface area contributed by atoms with Gasteiger partial charge in [-0.15, -0.1) is 0 Å². The van der Waals surface area contributed by atoms with Crippen molar-refractivity contribution in [3.63, 3.8) is 0 Å². The number of fused-ring (bicyclic) bond motifs is 2. The van der Waals surface area contributed by atoms with Gasteiger partial charge in [0.2, 0.25) is 0 Å². The molecule has 4 aromatic rings. The number of aliphatic carboxylic acids is 1. The molecule has 0 saturated heterocycles.